The Morgan fingerprint density at radius 1 is 1.19 bits per heavy atom. The number of fused-ring (bicyclic) bond motifs is 1. The highest BCUT2D eigenvalue weighted by Gasteiger charge is 2.35. The zero-order chi connectivity index (χ0) is 18.8. The molecule has 2 atom stereocenters. The number of nitrogens with zero attached hydrogens (tertiary/aromatic N) is 4. The van der Waals surface area contributed by atoms with Gasteiger partial charge in [-0.25, -0.2) is 0 Å². The van der Waals surface area contributed by atoms with Crippen LogP contribution in [0.3, 0.4) is 0 Å². The van der Waals surface area contributed by atoms with Crippen molar-refractivity contribution in [3.8, 4) is 17.4 Å². The summed E-state index contributed by atoms with van der Waals surface area (Å²) >= 11 is 0. The van der Waals surface area contributed by atoms with E-state index in [9.17, 15) is 4.79 Å². The number of carbonyl (C=O) groups excluding carboxylic acids is 1. The number of likely N-dealkylation sites (tertiary alicyclic amines) is 1. The fourth-order valence-corrected chi connectivity index (χ4v) is 3.15. The standard InChI is InChI=1S/C19H22N4O4/c1-22(2)17-7-8-18(21-20-17)26-13-9-10-23(11-13)19(24)16-12-25-14-5-3-4-6-15(14)27-16/h3-8,13,16H,9-12H2,1-2H3/t13-,16-/m0/s1. The van der Waals surface area contributed by atoms with E-state index in [0.29, 0.717) is 30.5 Å². The summed E-state index contributed by atoms with van der Waals surface area (Å²) in [6.07, 6.45) is 0.00980. The molecule has 27 heavy (non-hydrogen) atoms. The van der Waals surface area contributed by atoms with Crippen molar-refractivity contribution in [2.75, 3.05) is 38.7 Å². The number of anilines is 1. The number of para-hydroxylation sites is 2. The Morgan fingerprint density at radius 2 is 2.00 bits per heavy atom. The number of ether oxygens (including phenoxy) is 3. The van der Waals surface area contributed by atoms with Gasteiger partial charge in [0.1, 0.15) is 12.7 Å². The lowest BCUT2D eigenvalue weighted by Crippen LogP contribution is -2.46. The molecule has 0 spiro atoms. The van der Waals surface area contributed by atoms with Crippen molar-refractivity contribution in [1.29, 1.82) is 0 Å². The Labute approximate surface area is 157 Å². The second kappa shape index (κ2) is 7.30. The topological polar surface area (TPSA) is 77.0 Å². The number of hydrogen-bond donors (Lipinski definition) is 0. The molecule has 0 bridgehead atoms. The first kappa shape index (κ1) is 17.4. The van der Waals surface area contributed by atoms with Gasteiger partial charge in [-0.1, -0.05) is 12.1 Å². The molecule has 3 heterocycles. The Morgan fingerprint density at radius 3 is 2.74 bits per heavy atom. The first-order valence-corrected chi connectivity index (χ1v) is 8.95. The van der Waals surface area contributed by atoms with Crippen molar-refractivity contribution in [1.82, 2.24) is 15.1 Å². The second-order valence-electron chi connectivity index (χ2n) is 6.80. The smallest absolute Gasteiger partial charge is 0.267 e. The first-order valence-electron chi connectivity index (χ1n) is 8.95. The maximum atomic E-state index is 12.8. The molecule has 4 rings (SSSR count). The lowest BCUT2D eigenvalue weighted by atomic mass is 10.2. The molecule has 0 radical (unpaired) electrons. The van der Waals surface area contributed by atoms with Gasteiger partial charge >= 0.3 is 0 Å². The third-order valence-corrected chi connectivity index (χ3v) is 4.61. The van der Waals surface area contributed by atoms with E-state index in [1.807, 2.05) is 43.3 Å². The zero-order valence-corrected chi connectivity index (χ0v) is 15.4. The van der Waals surface area contributed by atoms with Gasteiger partial charge in [0, 0.05) is 33.1 Å². The predicted molar refractivity (Wildman–Crippen MR) is 98.3 cm³/mol. The summed E-state index contributed by atoms with van der Waals surface area (Å²) in [6, 6.07) is 11.0. The third-order valence-electron chi connectivity index (χ3n) is 4.61. The highest BCUT2D eigenvalue weighted by molar-refractivity contribution is 5.82. The van der Waals surface area contributed by atoms with E-state index < -0.39 is 6.10 Å². The fraction of sp³-hybridized carbons (Fsp3) is 0.421. The van der Waals surface area contributed by atoms with Gasteiger partial charge in [0.05, 0.1) is 6.54 Å². The minimum absolute atomic E-state index is 0.0790. The predicted octanol–water partition coefficient (Wildman–Crippen LogP) is 1.36. The number of amides is 1. The summed E-state index contributed by atoms with van der Waals surface area (Å²) in [5, 5.41) is 8.19. The molecule has 8 heteroatoms. The zero-order valence-electron chi connectivity index (χ0n) is 15.4. The first-order chi connectivity index (χ1) is 13.1. The summed E-state index contributed by atoms with van der Waals surface area (Å²) in [6.45, 7) is 1.33. The van der Waals surface area contributed by atoms with Crippen molar-refractivity contribution in [3.05, 3.63) is 36.4 Å². The van der Waals surface area contributed by atoms with E-state index in [2.05, 4.69) is 10.2 Å². The van der Waals surface area contributed by atoms with Crippen molar-refractivity contribution in [3.63, 3.8) is 0 Å². The van der Waals surface area contributed by atoms with Crippen LogP contribution in [-0.4, -0.2) is 67.0 Å². The number of benzene rings is 1. The Hall–Kier alpha value is -3.03. The molecular weight excluding hydrogens is 348 g/mol. The van der Waals surface area contributed by atoms with E-state index in [-0.39, 0.29) is 18.6 Å². The van der Waals surface area contributed by atoms with Crippen LogP contribution in [0.15, 0.2) is 36.4 Å². The average Bonchev–Trinajstić information content (AvgIpc) is 3.16. The van der Waals surface area contributed by atoms with E-state index in [1.54, 1.807) is 17.0 Å². The minimum atomic E-state index is -0.627. The van der Waals surface area contributed by atoms with Crippen LogP contribution in [0.4, 0.5) is 5.82 Å². The van der Waals surface area contributed by atoms with Gasteiger partial charge in [0.25, 0.3) is 5.91 Å². The fourth-order valence-electron chi connectivity index (χ4n) is 3.15. The molecule has 0 aliphatic carbocycles. The van der Waals surface area contributed by atoms with Crippen molar-refractivity contribution in [2.24, 2.45) is 0 Å². The van der Waals surface area contributed by atoms with Gasteiger partial charge in [0.15, 0.2) is 17.3 Å². The van der Waals surface area contributed by atoms with Gasteiger partial charge in [-0.3, -0.25) is 4.79 Å². The Kier molecular flexibility index (Phi) is 4.70. The summed E-state index contributed by atoms with van der Waals surface area (Å²) in [5.74, 6) is 2.42. The second-order valence-corrected chi connectivity index (χ2v) is 6.80. The third kappa shape index (κ3) is 3.74. The van der Waals surface area contributed by atoms with Crippen molar-refractivity contribution < 1.29 is 19.0 Å². The van der Waals surface area contributed by atoms with E-state index in [4.69, 9.17) is 14.2 Å². The van der Waals surface area contributed by atoms with Gasteiger partial charge in [0.2, 0.25) is 12.0 Å². The molecule has 0 unspecified atom stereocenters. The van der Waals surface area contributed by atoms with Gasteiger partial charge in [-0.05, 0) is 18.2 Å². The summed E-state index contributed by atoms with van der Waals surface area (Å²) in [7, 11) is 3.81. The molecule has 0 N–H and O–H groups in total. The molecule has 1 amide bonds. The summed E-state index contributed by atoms with van der Waals surface area (Å²) in [5.41, 5.74) is 0. The van der Waals surface area contributed by atoms with Crippen LogP contribution >= 0.6 is 0 Å². The highest BCUT2D eigenvalue weighted by Crippen LogP contribution is 2.31. The summed E-state index contributed by atoms with van der Waals surface area (Å²) < 4.78 is 17.3. The van der Waals surface area contributed by atoms with Crippen LogP contribution in [0.25, 0.3) is 0 Å². The van der Waals surface area contributed by atoms with Crippen LogP contribution < -0.4 is 19.1 Å². The molecule has 1 aromatic carbocycles. The molecule has 142 valence electrons. The van der Waals surface area contributed by atoms with E-state index in [1.165, 1.54) is 0 Å². The average molecular weight is 370 g/mol. The number of aromatic nitrogens is 2. The molecule has 0 saturated carbocycles. The quantitative estimate of drug-likeness (QED) is 0.804. The highest BCUT2D eigenvalue weighted by atomic mass is 16.6. The van der Waals surface area contributed by atoms with Crippen LogP contribution in [0.5, 0.6) is 17.4 Å². The number of hydrogen-bond acceptors (Lipinski definition) is 7. The molecular formula is C19H22N4O4. The van der Waals surface area contributed by atoms with Crippen LogP contribution in [0, 0.1) is 0 Å². The maximum absolute atomic E-state index is 12.8. The Balaban J connectivity index is 1.33. The lowest BCUT2D eigenvalue weighted by molar-refractivity contribution is -0.140. The van der Waals surface area contributed by atoms with Gasteiger partial charge in [-0.2, -0.15) is 0 Å². The normalized spacial score (nSPS) is 21.0. The molecule has 1 saturated heterocycles. The summed E-state index contributed by atoms with van der Waals surface area (Å²) in [4.78, 5) is 16.4. The lowest BCUT2D eigenvalue weighted by Gasteiger charge is -2.28. The van der Waals surface area contributed by atoms with E-state index in [0.717, 1.165) is 12.2 Å². The monoisotopic (exact) mass is 370 g/mol. The minimum Gasteiger partial charge on any atom is -0.485 e. The molecule has 1 aromatic heterocycles. The van der Waals surface area contributed by atoms with Crippen LogP contribution in [-0.2, 0) is 4.79 Å². The molecule has 8 nitrogen and oxygen atoms in total. The van der Waals surface area contributed by atoms with Gasteiger partial charge in [-0.15, -0.1) is 10.2 Å². The SMILES string of the molecule is CN(C)c1ccc(O[C@H]2CCN(C(=O)[C@@H]3COc4ccccc4O3)C2)nn1. The van der Waals surface area contributed by atoms with Crippen molar-refractivity contribution >= 4 is 11.7 Å². The van der Waals surface area contributed by atoms with Crippen LogP contribution in [0.1, 0.15) is 6.42 Å². The molecule has 2 aromatic rings. The number of carbonyl (C=O) groups is 1. The van der Waals surface area contributed by atoms with Crippen molar-refractivity contribution in [2.45, 2.75) is 18.6 Å². The van der Waals surface area contributed by atoms with Gasteiger partial charge < -0.3 is 24.0 Å². The molecule has 2 aliphatic heterocycles. The molecule has 2 aliphatic rings. The van der Waals surface area contributed by atoms with Crippen LogP contribution in [0.2, 0.25) is 0 Å². The number of rotatable bonds is 4. The Bertz CT molecular complexity index is 812. The van der Waals surface area contributed by atoms with E-state index >= 15 is 0 Å². The largest absolute Gasteiger partial charge is 0.485 e. The maximum Gasteiger partial charge on any atom is 0.267 e. The molecule has 1 fully saturated rings.